The maximum absolute atomic E-state index is 14.1. The molecule has 0 saturated carbocycles. The molecule has 0 radical (unpaired) electrons. The first kappa shape index (κ1) is 23.6. The molecule has 37 heavy (non-hydrogen) atoms. The number of hydrogen-bond acceptors (Lipinski definition) is 4. The van der Waals surface area contributed by atoms with E-state index in [1.165, 1.54) is 19.2 Å². The second-order valence-corrected chi connectivity index (χ2v) is 9.86. The van der Waals surface area contributed by atoms with Gasteiger partial charge in [0, 0.05) is 36.8 Å². The van der Waals surface area contributed by atoms with Crippen LogP contribution in [0.3, 0.4) is 0 Å². The third-order valence-corrected chi connectivity index (χ3v) is 7.45. The molecule has 4 aromatic rings. The van der Waals surface area contributed by atoms with E-state index in [0.717, 1.165) is 29.2 Å². The molecule has 0 N–H and O–H groups in total. The molecule has 2 bridgehead atoms. The van der Waals surface area contributed by atoms with Crippen LogP contribution in [0.25, 0.3) is 22.3 Å². The second kappa shape index (κ2) is 8.12. The second-order valence-electron chi connectivity index (χ2n) is 9.86. The minimum absolute atomic E-state index is 0.162. The number of carbonyl (C=O) groups excluding carboxylic acids is 1. The number of aromatic nitrogens is 5. The molecule has 0 spiro atoms. The van der Waals surface area contributed by atoms with Gasteiger partial charge in [0.1, 0.15) is 17.2 Å². The van der Waals surface area contributed by atoms with Crippen molar-refractivity contribution in [1.82, 2.24) is 29.4 Å². The summed E-state index contributed by atoms with van der Waals surface area (Å²) in [5.74, 6) is -0.665. The van der Waals surface area contributed by atoms with E-state index >= 15 is 0 Å². The molecule has 11 heteroatoms. The summed E-state index contributed by atoms with van der Waals surface area (Å²) in [5, 5.41) is 9.29. The topological polar surface area (TPSA) is 68.8 Å². The van der Waals surface area contributed by atoms with Crippen LogP contribution in [0.15, 0.2) is 30.3 Å². The standard InChI is InChI=1S/C26H24F4N6O/c1-13-9-17(16-10-14(27)7-8-19(16)31-13)25(37)36-15-5-4-6-21(36)23-18(11-15)24(35(3)33-23)20-12-22(26(28,29)30)34(2)32-20/h7-10,12,15,21H,4-6,11H2,1-3H3/t15-,21+/m1/s1. The lowest BCUT2D eigenvalue weighted by Crippen LogP contribution is -2.50. The third kappa shape index (κ3) is 3.70. The highest BCUT2D eigenvalue weighted by atomic mass is 19.4. The van der Waals surface area contributed by atoms with Crippen molar-refractivity contribution in [3.05, 3.63) is 64.4 Å². The number of piperidine rings is 1. The maximum Gasteiger partial charge on any atom is 0.433 e. The van der Waals surface area contributed by atoms with Crippen molar-refractivity contribution in [2.24, 2.45) is 14.1 Å². The first-order valence-corrected chi connectivity index (χ1v) is 12.1. The molecule has 3 aromatic heterocycles. The summed E-state index contributed by atoms with van der Waals surface area (Å²) < 4.78 is 56.8. The molecule has 192 valence electrons. The molecule has 2 atom stereocenters. The number of aryl methyl sites for hydroxylation is 3. The molecule has 5 heterocycles. The van der Waals surface area contributed by atoms with Crippen molar-refractivity contribution in [2.75, 3.05) is 0 Å². The number of amides is 1. The van der Waals surface area contributed by atoms with Crippen molar-refractivity contribution in [3.8, 4) is 11.4 Å². The first-order valence-electron chi connectivity index (χ1n) is 12.1. The average Bonchev–Trinajstić information content (AvgIpc) is 3.37. The fourth-order valence-corrected chi connectivity index (χ4v) is 5.96. The van der Waals surface area contributed by atoms with Gasteiger partial charge in [-0.25, -0.2) is 4.39 Å². The van der Waals surface area contributed by atoms with E-state index in [4.69, 9.17) is 0 Å². The van der Waals surface area contributed by atoms with Crippen LogP contribution < -0.4 is 0 Å². The van der Waals surface area contributed by atoms with Crippen molar-refractivity contribution >= 4 is 16.8 Å². The fourth-order valence-electron chi connectivity index (χ4n) is 5.96. The Morgan fingerprint density at radius 2 is 1.84 bits per heavy atom. The van der Waals surface area contributed by atoms with Crippen LogP contribution in [0.1, 0.15) is 58.3 Å². The number of alkyl halides is 3. The first-order chi connectivity index (χ1) is 17.5. The monoisotopic (exact) mass is 512 g/mol. The van der Waals surface area contributed by atoms with Gasteiger partial charge < -0.3 is 4.90 Å². The molecule has 1 saturated heterocycles. The van der Waals surface area contributed by atoms with Gasteiger partial charge in [-0.2, -0.15) is 23.4 Å². The SMILES string of the molecule is Cc1cc(C(=O)N2[C@@H]3CCC[C@H]2c2nn(C)c(-c4cc(C(F)(F)F)n(C)n4)c2C3)c2cc(F)ccc2n1. The van der Waals surface area contributed by atoms with Gasteiger partial charge in [0.15, 0.2) is 0 Å². The molecule has 0 unspecified atom stereocenters. The van der Waals surface area contributed by atoms with Gasteiger partial charge in [-0.3, -0.25) is 19.1 Å². The quantitative estimate of drug-likeness (QED) is 0.350. The molecular weight excluding hydrogens is 488 g/mol. The number of benzene rings is 1. The highest BCUT2D eigenvalue weighted by molar-refractivity contribution is 6.06. The zero-order valence-electron chi connectivity index (χ0n) is 20.5. The Morgan fingerprint density at radius 3 is 2.57 bits per heavy atom. The summed E-state index contributed by atoms with van der Waals surface area (Å²) in [6, 6.07) is 6.45. The number of carbonyl (C=O) groups is 1. The van der Waals surface area contributed by atoms with Gasteiger partial charge >= 0.3 is 6.18 Å². The van der Waals surface area contributed by atoms with Crippen LogP contribution in [0.5, 0.6) is 0 Å². The number of nitrogens with zero attached hydrogens (tertiary/aromatic N) is 6. The number of hydrogen-bond donors (Lipinski definition) is 0. The van der Waals surface area contributed by atoms with Crippen molar-refractivity contribution in [1.29, 1.82) is 0 Å². The Labute approximate surface area is 209 Å². The number of halogens is 4. The van der Waals surface area contributed by atoms with E-state index in [2.05, 4.69) is 15.2 Å². The zero-order valence-corrected chi connectivity index (χ0v) is 20.5. The lowest BCUT2D eigenvalue weighted by molar-refractivity contribution is -0.143. The largest absolute Gasteiger partial charge is 0.433 e. The molecule has 7 nitrogen and oxygen atoms in total. The van der Waals surface area contributed by atoms with Crippen LogP contribution >= 0.6 is 0 Å². The predicted octanol–water partition coefficient (Wildman–Crippen LogP) is 5.13. The lowest BCUT2D eigenvalue weighted by atomic mass is 9.81. The van der Waals surface area contributed by atoms with Crippen molar-refractivity contribution in [2.45, 2.75) is 50.9 Å². The van der Waals surface area contributed by atoms with Gasteiger partial charge in [-0.1, -0.05) is 0 Å². The molecule has 2 aliphatic rings. The predicted molar refractivity (Wildman–Crippen MR) is 127 cm³/mol. The third-order valence-electron chi connectivity index (χ3n) is 7.45. The fraction of sp³-hybridized carbons (Fsp3) is 0.385. The number of rotatable bonds is 2. The maximum atomic E-state index is 14.1. The van der Waals surface area contributed by atoms with Crippen molar-refractivity contribution in [3.63, 3.8) is 0 Å². The summed E-state index contributed by atoms with van der Waals surface area (Å²) in [7, 11) is 2.96. The van der Waals surface area contributed by atoms with E-state index in [-0.39, 0.29) is 23.7 Å². The summed E-state index contributed by atoms with van der Waals surface area (Å²) in [4.78, 5) is 20.3. The van der Waals surface area contributed by atoms with Crippen LogP contribution in [0, 0.1) is 12.7 Å². The summed E-state index contributed by atoms with van der Waals surface area (Å²) in [6.45, 7) is 1.79. The molecule has 6 rings (SSSR count). The van der Waals surface area contributed by atoms with E-state index in [1.807, 2.05) is 4.90 Å². The molecule has 1 amide bonds. The van der Waals surface area contributed by atoms with Gasteiger partial charge in [0.05, 0.1) is 28.5 Å². The Bertz CT molecular complexity index is 1570. The van der Waals surface area contributed by atoms with E-state index in [1.54, 1.807) is 30.8 Å². The van der Waals surface area contributed by atoms with Gasteiger partial charge in [-0.05, 0) is 62.9 Å². The van der Waals surface area contributed by atoms with Gasteiger partial charge in [0.2, 0.25) is 0 Å². The van der Waals surface area contributed by atoms with Gasteiger partial charge in [0.25, 0.3) is 5.91 Å². The summed E-state index contributed by atoms with van der Waals surface area (Å²) >= 11 is 0. The highest BCUT2D eigenvalue weighted by Crippen LogP contribution is 2.45. The van der Waals surface area contributed by atoms with E-state index < -0.39 is 17.7 Å². The van der Waals surface area contributed by atoms with E-state index in [9.17, 15) is 22.4 Å². The van der Waals surface area contributed by atoms with Crippen LogP contribution in [0.2, 0.25) is 0 Å². The highest BCUT2D eigenvalue weighted by Gasteiger charge is 2.44. The van der Waals surface area contributed by atoms with Crippen LogP contribution in [-0.2, 0) is 26.7 Å². The minimum atomic E-state index is -4.52. The molecule has 0 aliphatic carbocycles. The van der Waals surface area contributed by atoms with E-state index in [0.29, 0.717) is 46.4 Å². The number of pyridine rings is 1. The van der Waals surface area contributed by atoms with Crippen LogP contribution in [0.4, 0.5) is 17.6 Å². The smallest absolute Gasteiger partial charge is 0.327 e. The Balaban J connectivity index is 1.45. The summed E-state index contributed by atoms with van der Waals surface area (Å²) in [6.07, 6.45) is -1.74. The van der Waals surface area contributed by atoms with Crippen LogP contribution in [-0.4, -0.2) is 41.4 Å². The molecule has 2 aliphatic heterocycles. The molecular formula is C26H24F4N6O. The zero-order chi connectivity index (χ0) is 26.2. The summed E-state index contributed by atoms with van der Waals surface area (Å²) in [5.41, 5.74) is 3.00. The Morgan fingerprint density at radius 1 is 1.05 bits per heavy atom. The Kier molecular flexibility index (Phi) is 5.19. The molecule has 1 fully saturated rings. The lowest BCUT2D eigenvalue weighted by Gasteiger charge is -2.45. The Hall–Kier alpha value is -3.76. The van der Waals surface area contributed by atoms with Gasteiger partial charge in [-0.15, -0.1) is 0 Å². The average molecular weight is 513 g/mol. The number of fused-ring (bicyclic) bond motifs is 5. The normalized spacial score (nSPS) is 19.4. The minimum Gasteiger partial charge on any atom is -0.327 e. The molecule has 1 aromatic carbocycles. The van der Waals surface area contributed by atoms with Crippen molar-refractivity contribution < 1.29 is 22.4 Å².